The molecule has 5 rings (SSSR count). The molecule has 3 aromatic rings. The molecule has 1 saturated heterocycles. The minimum atomic E-state index is -1.18. The fourth-order valence-electron chi connectivity index (χ4n) is 4.48. The van der Waals surface area contributed by atoms with Crippen LogP contribution in [0.4, 0.5) is 25.5 Å². The molecule has 192 valence electrons. The van der Waals surface area contributed by atoms with E-state index in [2.05, 4.69) is 15.3 Å². The van der Waals surface area contributed by atoms with Gasteiger partial charge in [0.2, 0.25) is 11.8 Å². The topological polar surface area (TPSA) is 134 Å². The summed E-state index contributed by atoms with van der Waals surface area (Å²) >= 11 is 6.34. The van der Waals surface area contributed by atoms with Gasteiger partial charge in [-0.05, 0) is 30.0 Å². The number of nitrogens with one attached hydrogen (secondary N) is 1. The van der Waals surface area contributed by atoms with E-state index in [0.29, 0.717) is 28.4 Å². The maximum absolute atomic E-state index is 15.4. The van der Waals surface area contributed by atoms with Crippen LogP contribution >= 0.6 is 11.6 Å². The van der Waals surface area contributed by atoms with E-state index in [1.807, 2.05) is 0 Å². The average Bonchev–Trinajstić information content (AvgIpc) is 3.17. The molecule has 2 N–H and O–H groups in total. The van der Waals surface area contributed by atoms with Gasteiger partial charge < -0.3 is 19.5 Å². The number of hydrogen-bond donors (Lipinski definition) is 2. The second kappa shape index (κ2) is 9.36. The number of likely N-dealkylation sites (tertiary alicyclic amines) is 1. The number of anilines is 2. The average molecular weight is 530 g/mol. The lowest BCUT2D eigenvalue weighted by atomic mass is 9.97. The van der Waals surface area contributed by atoms with E-state index in [1.54, 1.807) is 14.0 Å². The number of carboxylic acid groups (broad SMARTS) is 1. The van der Waals surface area contributed by atoms with Crippen molar-refractivity contribution in [2.75, 3.05) is 37.0 Å². The maximum Gasteiger partial charge on any atom is 0.413 e. The predicted molar refractivity (Wildman–Crippen MR) is 132 cm³/mol. The number of pyridine rings is 2. The van der Waals surface area contributed by atoms with Crippen LogP contribution in [0.25, 0.3) is 21.9 Å². The third-order valence-corrected chi connectivity index (χ3v) is 6.70. The van der Waals surface area contributed by atoms with Gasteiger partial charge in [-0.2, -0.15) is 0 Å². The summed E-state index contributed by atoms with van der Waals surface area (Å²) in [5.74, 6) is -0.563. The van der Waals surface area contributed by atoms with Crippen molar-refractivity contribution in [2.24, 2.45) is 0 Å². The van der Waals surface area contributed by atoms with Gasteiger partial charge in [-0.25, -0.2) is 23.9 Å². The maximum atomic E-state index is 15.4. The summed E-state index contributed by atoms with van der Waals surface area (Å²) in [5.41, 5.74) is 1.11. The zero-order valence-corrected chi connectivity index (χ0v) is 20.5. The molecule has 4 heterocycles. The Kier molecular flexibility index (Phi) is 6.20. The monoisotopic (exact) mass is 529 g/mol. The van der Waals surface area contributed by atoms with E-state index >= 15 is 4.39 Å². The molecule has 0 aliphatic carbocycles. The number of aromatic nitrogens is 2. The highest BCUT2D eigenvalue weighted by atomic mass is 35.5. The summed E-state index contributed by atoms with van der Waals surface area (Å²) in [4.78, 5) is 46.6. The summed E-state index contributed by atoms with van der Waals surface area (Å²) in [6, 6.07) is 3.02. The van der Waals surface area contributed by atoms with Crippen LogP contribution < -0.4 is 15.0 Å². The van der Waals surface area contributed by atoms with Gasteiger partial charge in [0.05, 0.1) is 24.5 Å². The van der Waals surface area contributed by atoms with Crippen molar-refractivity contribution in [3.63, 3.8) is 0 Å². The van der Waals surface area contributed by atoms with Gasteiger partial charge in [-0.1, -0.05) is 11.6 Å². The molecule has 11 nitrogen and oxygen atoms in total. The molecule has 2 aliphatic heterocycles. The highest BCUT2D eigenvalue weighted by Crippen LogP contribution is 2.41. The van der Waals surface area contributed by atoms with Crippen molar-refractivity contribution in [2.45, 2.75) is 19.4 Å². The Balaban J connectivity index is 1.49. The highest BCUT2D eigenvalue weighted by molar-refractivity contribution is 6.36. The summed E-state index contributed by atoms with van der Waals surface area (Å²) < 4.78 is 26.2. The summed E-state index contributed by atoms with van der Waals surface area (Å²) in [7, 11) is 1.63. The Labute approximate surface area is 214 Å². The number of nitrogens with zero attached hydrogens (tertiary/aromatic N) is 4. The van der Waals surface area contributed by atoms with Gasteiger partial charge in [0.1, 0.15) is 30.0 Å². The van der Waals surface area contributed by atoms with E-state index in [1.165, 1.54) is 29.4 Å². The van der Waals surface area contributed by atoms with Crippen molar-refractivity contribution in [1.29, 1.82) is 0 Å². The van der Waals surface area contributed by atoms with E-state index < -0.39 is 24.1 Å². The van der Waals surface area contributed by atoms with E-state index in [4.69, 9.17) is 21.1 Å². The lowest BCUT2D eigenvalue weighted by Crippen LogP contribution is -2.37. The number of halogens is 2. The Hall–Kier alpha value is -4.19. The summed E-state index contributed by atoms with van der Waals surface area (Å²) in [5, 5.41) is 12.7. The van der Waals surface area contributed by atoms with E-state index in [9.17, 15) is 19.5 Å². The number of rotatable bonds is 3. The summed E-state index contributed by atoms with van der Waals surface area (Å²) in [6.07, 6.45) is 0.304. The van der Waals surface area contributed by atoms with Crippen molar-refractivity contribution < 1.29 is 33.4 Å². The molecule has 0 bridgehead atoms. The Morgan fingerprint density at radius 2 is 2.05 bits per heavy atom. The fraction of sp³-hybridized carbons (Fsp3) is 0.292. The predicted octanol–water partition coefficient (Wildman–Crippen LogP) is 4.05. The van der Waals surface area contributed by atoms with Crippen LogP contribution in [-0.4, -0.2) is 70.9 Å². The Bertz CT molecular complexity index is 1470. The van der Waals surface area contributed by atoms with Crippen LogP contribution in [-0.2, 0) is 9.53 Å². The zero-order chi connectivity index (χ0) is 26.4. The second-order valence-electron chi connectivity index (χ2n) is 8.71. The van der Waals surface area contributed by atoms with Crippen LogP contribution in [0.3, 0.4) is 0 Å². The number of carbonyl (C=O) groups is 3. The summed E-state index contributed by atoms with van der Waals surface area (Å²) in [6.45, 7) is 2.21. The minimum Gasteiger partial charge on any atom is -0.474 e. The van der Waals surface area contributed by atoms with Crippen molar-refractivity contribution in [3.05, 3.63) is 40.9 Å². The lowest BCUT2D eigenvalue weighted by Gasteiger charge is -2.28. The molecule has 0 spiro atoms. The first-order chi connectivity index (χ1) is 17.6. The van der Waals surface area contributed by atoms with Gasteiger partial charge in [-0.15, -0.1) is 0 Å². The number of hydrogen-bond acceptors (Lipinski definition) is 7. The molecule has 2 aliphatic rings. The Morgan fingerprint density at radius 1 is 1.27 bits per heavy atom. The number of likely N-dealkylation sites (N-methyl/N-ethyl adjacent to an activating group) is 1. The number of fused-ring (bicyclic) bond motifs is 2. The molecule has 1 fully saturated rings. The number of ether oxygens (including phenoxy) is 2. The highest BCUT2D eigenvalue weighted by Gasteiger charge is 2.31. The molecule has 0 radical (unpaired) electrons. The SMILES string of the molecule is Cc1c(-c2cc3cc(NC(=O)OC4CC(=O)N(C)C4)ncc3c(Cl)c2F)cnc2c1N(C(=O)O)CCO2. The molecule has 1 atom stereocenters. The first kappa shape index (κ1) is 24.5. The van der Waals surface area contributed by atoms with Gasteiger partial charge >= 0.3 is 12.2 Å². The van der Waals surface area contributed by atoms with Gasteiger partial charge in [-0.3, -0.25) is 15.0 Å². The molecule has 13 heteroatoms. The molecular weight excluding hydrogens is 509 g/mol. The van der Waals surface area contributed by atoms with Crippen LogP contribution in [0.15, 0.2) is 24.5 Å². The van der Waals surface area contributed by atoms with E-state index in [0.717, 1.165) is 4.90 Å². The second-order valence-corrected chi connectivity index (χ2v) is 9.08. The van der Waals surface area contributed by atoms with Crippen molar-refractivity contribution in [3.8, 4) is 17.0 Å². The van der Waals surface area contributed by atoms with Gasteiger partial charge in [0, 0.05) is 36.0 Å². The van der Waals surface area contributed by atoms with Crippen molar-refractivity contribution in [1.82, 2.24) is 14.9 Å². The fourth-order valence-corrected chi connectivity index (χ4v) is 4.74. The minimum absolute atomic E-state index is 0.0912. The smallest absolute Gasteiger partial charge is 0.413 e. The third kappa shape index (κ3) is 4.44. The first-order valence-corrected chi connectivity index (χ1v) is 11.6. The van der Waals surface area contributed by atoms with Crippen LogP contribution in [0.2, 0.25) is 5.02 Å². The van der Waals surface area contributed by atoms with Crippen LogP contribution in [0.5, 0.6) is 5.88 Å². The molecule has 1 unspecified atom stereocenters. The van der Waals surface area contributed by atoms with Crippen molar-refractivity contribution >= 4 is 52.0 Å². The first-order valence-electron chi connectivity index (χ1n) is 11.3. The standard InChI is InChI=1S/C24H21ClFN5O6/c1-11-15(8-28-22-21(11)31(24(34)35)3-4-36-22)14-5-12-6-17(27-9-16(12)19(25)20(14)26)29-23(33)37-13-7-18(32)30(2)10-13/h5-6,8-9,13H,3-4,7,10H2,1-2H3,(H,34,35)(H,27,29,33). The lowest BCUT2D eigenvalue weighted by molar-refractivity contribution is -0.126. The molecular formula is C24H21ClFN5O6. The van der Waals surface area contributed by atoms with Crippen LogP contribution in [0, 0.1) is 12.7 Å². The van der Waals surface area contributed by atoms with Gasteiger partial charge in [0.25, 0.3) is 0 Å². The van der Waals surface area contributed by atoms with Crippen LogP contribution in [0.1, 0.15) is 12.0 Å². The third-order valence-electron chi connectivity index (χ3n) is 6.33. The zero-order valence-electron chi connectivity index (χ0n) is 19.7. The number of benzene rings is 1. The van der Waals surface area contributed by atoms with Gasteiger partial charge in [0.15, 0.2) is 0 Å². The number of carbonyl (C=O) groups excluding carboxylic acids is 2. The van der Waals surface area contributed by atoms with E-state index in [-0.39, 0.29) is 53.5 Å². The Morgan fingerprint density at radius 3 is 2.76 bits per heavy atom. The largest absolute Gasteiger partial charge is 0.474 e. The molecule has 37 heavy (non-hydrogen) atoms. The molecule has 2 aromatic heterocycles. The molecule has 1 aromatic carbocycles. The normalized spacial score (nSPS) is 17.0. The molecule has 3 amide bonds. The molecule has 0 saturated carbocycles. The number of amides is 3. The quantitative estimate of drug-likeness (QED) is 0.519.